The molecule has 1 heterocycles. The van der Waals surface area contributed by atoms with E-state index >= 15 is 0 Å². The highest BCUT2D eigenvalue weighted by Crippen LogP contribution is 2.21. The number of piperidine rings is 1. The first-order valence-corrected chi connectivity index (χ1v) is 7.58. The van der Waals surface area contributed by atoms with Gasteiger partial charge in [-0.3, -0.25) is 4.79 Å². The van der Waals surface area contributed by atoms with Crippen molar-refractivity contribution < 1.29 is 14.3 Å². The van der Waals surface area contributed by atoms with Gasteiger partial charge in [-0.05, 0) is 31.6 Å². The van der Waals surface area contributed by atoms with Gasteiger partial charge in [-0.25, -0.2) is 0 Å². The Morgan fingerprint density at radius 1 is 1.21 bits per heavy atom. The lowest BCUT2D eigenvalue weighted by Crippen LogP contribution is -2.42. The summed E-state index contributed by atoms with van der Waals surface area (Å²) in [5.41, 5.74) is 0. The van der Waals surface area contributed by atoms with Crippen LogP contribution in [-0.2, 0) is 14.3 Å². The molecule has 4 heteroatoms. The van der Waals surface area contributed by atoms with Crippen LogP contribution >= 0.6 is 0 Å². The molecule has 0 N–H and O–H groups in total. The van der Waals surface area contributed by atoms with Crippen LogP contribution in [0.4, 0.5) is 0 Å². The van der Waals surface area contributed by atoms with E-state index in [1.165, 1.54) is 0 Å². The molecule has 4 nitrogen and oxygen atoms in total. The van der Waals surface area contributed by atoms with Crippen molar-refractivity contribution in [1.82, 2.24) is 4.90 Å². The molecule has 1 fully saturated rings. The number of carbonyl (C=O) groups is 1. The lowest BCUT2D eigenvalue weighted by Gasteiger charge is -2.33. The molecule has 1 aliphatic heterocycles. The molecule has 0 aliphatic carbocycles. The molecule has 0 unspecified atom stereocenters. The summed E-state index contributed by atoms with van der Waals surface area (Å²) in [5.74, 6) is 1.17. The Labute approximate surface area is 117 Å². The maximum Gasteiger partial charge on any atom is 0.225 e. The Kier molecular flexibility index (Phi) is 8.07. The van der Waals surface area contributed by atoms with Crippen LogP contribution in [0.2, 0.25) is 0 Å². The number of carbonyl (C=O) groups excluding carboxylic acids is 1. The van der Waals surface area contributed by atoms with Gasteiger partial charge in [-0.1, -0.05) is 13.8 Å². The monoisotopic (exact) mass is 271 g/mol. The first-order chi connectivity index (χ1) is 9.22. The van der Waals surface area contributed by atoms with Crippen molar-refractivity contribution in [2.24, 2.45) is 11.8 Å². The van der Waals surface area contributed by atoms with Crippen LogP contribution < -0.4 is 0 Å². The predicted octanol–water partition coefficient (Wildman–Crippen LogP) is 2.32. The number of hydrogen-bond acceptors (Lipinski definition) is 3. The van der Waals surface area contributed by atoms with Crippen LogP contribution in [0.25, 0.3) is 0 Å². The first-order valence-electron chi connectivity index (χ1n) is 7.58. The quantitative estimate of drug-likeness (QED) is 0.636. The Balaban J connectivity index is 2.22. The molecule has 1 saturated heterocycles. The van der Waals surface area contributed by atoms with Crippen molar-refractivity contribution in [3.8, 4) is 0 Å². The number of nitrogens with zero attached hydrogens (tertiary/aromatic N) is 1. The van der Waals surface area contributed by atoms with Gasteiger partial charge in [0.15, 0.2) is 0 Å². The zero-order valence-electron chi connectivity index (χ0n) is 12.7. The van der Waals surface area contributed by atoms with Crippen LogP contribution in [0.3, 0.4) is 0 Å². The van der Waals surface area contributed by atoms with Gasteiger partial charge in [-0.15, -0.1) is 0 Å². The fraction of sp³-hybridized carbons (Fsp3) is 0.933. The molecule has 0 bridgehead atoms. The van der Waals surface area contributed by atoms with Gasteiger partial charge in [0.05, 0.1) is 13.2 Å². The van der Waals surface area contributed by atoms with Crippen molar-refractivity contribution in [2.75, 3.05) is 40.0 Å². The molecule has 19 heavy (non-hydrogen) atoms. The maximum atomic E-state index is 12.2. The van der Waals surface area contributed by atoms with E-state index in [0.717, 1.165) is 45.4 Å². The van der Waals surface area contributed by atoms with E-state index in [0.29, 0.717) is 25.0 Å². The molecule has 112 valence electrons. The highest BCUT2D eigenvalue weighted by molar-refractivity contribution is 5.78. The topological polar surface area (TPSA) is 38.8 Å². The summed E-state index contributed by atoms with van der Waals surface area (Å²) in [5, 5.41) is 0. The predicted molar refractivity (Wildman–Crippen MR) is 76.1 cm³/mol. The largest absolute Gasteiger partial charge is 0.382 e. The zero-order chi connectivity index (χ0) is 14.1. The minimum Gasteiger partial charge on any atom is -0.382 e. The van der Waals surface area contributed by atoms with E-state index in [-0.39, 0.29) is 5.92 Å². The fourth-order valence-electron chi connectivity index (χ4n) is 2.61. The number of rotatable bonds is 8. The number of ether oxygens (including phenoxy) is 2. The summed E-state index contributed by atoms with van der Waals surface area (Å²) in [4.78, 5) is 14.3. The summed E-state index contributed by atoms with van der Waals surface area (Å²) in [7, 11) is 1.69. The van der Waals surface area contributed by atoms with E-state index in [2.05, 4.69) is 13.8 Å². The summed E-state index contributed by atoms with van der Waals surface area (Å²) in [6, 6.07) is 0. The van der Waals surface area contributed by atoms with Crippen molar-refractivity contribution in [1.29, 1.82) is 0 Å². The summed E-state index contributed by atoms with van der Waals surface area (Å²) < 4.78 is 10.5. The van der Waals surface area contributed by atoms with E-state index in [1.54, 1.807) is 7.11 Å². The lowest BCUT2D eigenvalue weighted by molar-refractivity contribution is -0.137. The SMILES string of the molecule is CCC(CC)C(=O)N1CCC(COCCOC)CC1. The number of likely N-dealkylation sites (tertiary alicyclic amines) is 1. The van der Waals surface area contributed by atoms with Crippen molar-refractivity contribution in [3.63, 3.8) is 0 Å². The van der Waals surface area contributed by atoms with E-state index in [1.807, 2.05) is 4.90 Å². The number of hydrogen-bond donors (Lipinski definition) is 0. The van der Waals surface area contributed by atoms with Gasteiger partial charge in [-0.2, -0.15) is 0 Å². The molecule has 0 aromatic heterocycles. The molecule has 0 saturated carbocycles. The third-order valence-electron chi connectivity index (χ3n) is 4.05. The van der Waals surface area contributed by atoms with Crippen molar-refractivity contribution in [3.05, 3.63) is 0 Å². The second-order valence-corrected chi connectivity index (χ2v) is 5.35. The zero-order valence-corrected chi connectivity index (χ0v) is 12.7. The Bertz CT molecular complexity index is 246. The normalized spacial score (nSPS) is 17.2. The minimum absolute atomic E-state index is 0.217. The molecular weight excluding hydrogens is 242 g/mol. The van der Waals surface area contributed by atoms with Gasteiger partial charge >= 0.3 is 0 Å². The van der Waals surface area contributed by atoms with Gasteiger partial charge in [0.25, 0.3) is 0 Å². The van der Waals surface area contributed by atoms with Gasteiger partial charge in [0.1, 0.15) is 0 Å². The molecule has 0 aromatic carbocycles. The number of amides is 1. The first kappa shape index (κ1) is 16.4. The minimum atomic E-state index is 0.217. The highest BCUT2D eigenvalue weighted by atomic mass is 16.5. The van der Waals surface area contributed by atoms with Crippen LogP contribution in [0.5, 0.6) is 0 Å². The third kappa shape index (κ3) is 5.49. The Hall–Kier alpha value is -0.610. The van der Waals surface area contributed by atoms with Crippen LogP contribution in [0, 0.1) is 11.8 Å². The molecule has 1 rings (SSSR count). The maximum absolute atomic E-state index is 12.2. The molecule has 1 amide bonds. The average molecular weight is 271 g/mol. The summed E-state index contributed by atoms with van der Waals surface area (Å²) >= 11 is 0. The van der Waals surface area contributed by atoms with E-state index in [9.17, 15) is 4.79 Å². The summed E-state index contributed by atoms with van der Waals surface area (Å²) in [6.07, 6.45) is 4.04. The van der Waals surface area contributed by atoms with Crippen molar-refractivity contribution in [2.45, 2.75) is 39.5 Å². The lowest BCUT2D eigenvalue weighted by atomic mass is 9.95. The molecule has 0 aromatic rings. The molecular formula is C15H29NO3. The van der Waals surface area contributed by atoms with Crippen LogP contribution in [0.1, 0.15) is 39.5 Å². The Morgan fingerprint density at radius 3 is 2.37 bits per heavy atom. The smallest absolute Gasteiger partial charge is 0.225 e. The second-order valence-electron chi connectivity index (χ2n) is 5.35. The van der Waals surface area contributed by atoms with Gasteiger partial charge in [0, 0.05) is 32.7 Å². The highest BCUT2D eigenvalue weighted by Gasteiger charge is 2.26. The van der Waals surface area contributed by atoms with Gasteiger partial charge < -0.3 is 14.4 Å². The molecule has 0 atom stereocenters. The third-order valence-corrected chi connectivity index (χ3v) is 4.05. The molecule has 1 aliphatic rings. The average Bonchev–Trinajstić information content (AvgIpc) is 2.45. The van der Waals surface area contributed by atoms with Crippen LogP contribution in [0.15, 0.2) is 0 Å². The number of methoxy groups -OCH3 is 1. The fourth-order valence-corrected chi connectivity index (χ4v) is 2.61. The standard InChI is InChI=1S/C15H29NO3/c1-4-14(5-2)15(17)16-8-6-13(7-9-16)12-19-11-10-18-3/h13-14H,4-12H2,1-3H3. The molecule has 0 radical (unpaired) electrons. The van der Waals surface area contributed by atoms with Crippen LogP contribution in [-0.4, -0.2) is 50.8 Å². The van der Waals surface area contributed by atoms with Crippen molar-refractivity contribution >= 4 is 5.91 Å². The van der Waals surface area contributed by atoms with E-state index in [4.69, 9.17) is 9.47 Å². The molecule has 0 spiro atoms. The summed E-state index contributed by atoms with van der Waals surface area (Å²) in [6.45, 7) is 8.12. The second kappa shape index (κ2) is 9.32. The Morgan fingerprint density at radius 2 is 1.84 bits per heavy atom. The van der Waals surface area contributed by atoms with E-state index < -0.39 is 0 Å². The van der Waals surface area contributed by atoms with Gasteiger partial charge in [0.2, 0.25) is 5.91 Å².